The average molecular weight is 509 g/mol. The fourth-order valence-electron chi connectivity index (χ4n) is 4.40. The summed E-state index contributed by atoms with van der Waals surface area (Å²) in [6.07, 6.45) is 2.74. The Morgan fingerprint density at radius 2 is 1.92 bits per heavy atom. The van der Waals surface area contributed by atoms with E-state index in [-0.39, 0.29) is 30.1 Å². The number of aromatic amines is 2. The number of nitrogens with zero attached hydrogens (tertiary/aromatic N) is 3. The van der Waals surface area contributed by atoms with Gasteiger partial charge in [0.05, 0.1) is 22.9 Å². The number of halogens is 3. The minimum absolute atomic E-state index is 0.114. The van der Waals surface area contributed by atoms with E-state index in [4.69, 9.17) is 10.8 Å². The summed E-state index contributed by atoms with van der Waals surface area (Å²) in [7, 11) is 0. The number of fused-ring (bicyclic) bond motifs is 1. The van der Waals surface area contributed by atoms with Gasteiger partial charge in [0.25, 0.3) is 5.56 Å². The second-order valence-electron chi connectivity index (χ2n) is 8.73. The molecule has 5 aromatic rings. The number of nitrogen functional groups attached to an aromatic ring is 1. The van der Waals surface area contributed by atoms with Crippen LogP contribution < -0.4 is 11.3 Å². The van der Waals surface area contributed by atoms with Gasteiger partial charge in [0.15, 0.2) is 0 Å². The Morgan fingerprint density at radius 1 is 1.11 bits per heavy atom. The number of H-pyrrole nitrogens is 2. The summed E-state index contributed by atoms with van der Waals surface area (Å²) >= 11 is 0. The number of hydrogen-bond donors (Lipinski definition) is 4. The molecule has 0 saturated heterocycles. The number of alkyl halides is 3. The van der Waals surface area contributed by atoms with Crippen LogP contribution in [0.3, 0.4) is 0 Å². The first-order valence-electron chi connectivity index (χ1n) is 11.5. The van der Waals surface area contributed by atoms with Gasteiger partial charge in [-0.15, -0.1) is 0 Å². The molecule has 0 aliphatic carbocycles. The van der Waals surface area contributed by atoms with Crippen molar-refractivity contribution in [3.05, 3.63) is 93.9 Å². The molecule has 0 aliphatic rings. The zero-order valence-corrected chi connectivity index (χ0v) is 19.5. The molecule has 2 aromatic carbocycles. The number of nitrogens with two attached hydrogens (primary N) is 1. The fraction of sp³-hybridized carbons (Fsp3) is 0.192. The first-order valence-corrected chi connectivity index (χ1v) is 11.5. The summed E-state index contributed by atoms with van der Waals surface area (Å²) in [5.41, 5.74) is 8.72. The maximum atomic E-state index is 13.7. The summed E-state index contributed by atoms with van der Waals surface area (Å²) < 4.78 is 42.7. The van der Waals surface area contributed by atoms with Crippen LogP contribution in [0.5, 0.6) is 0 Å². The number of imidazole rings is 2. The van der Waals surface area contributed by atoms with E-state index >= 15 is 0 Å². The summed E-state index contributed by atoms with van der Waals surface area (Å²) in [5.74, 6) is 0.256. The molecular formula is C26H23F3N6O2. The van der Waals surface area contributed by atoms with Crippen LogP contribution in [0.15, 0.2) is 66.1 Å². The van der Waals surface area contributed by atoms with Gasteiger partial charge in [-0.05, 0) is 66.3 Å². The third kappa shape index (κ3) is 4.98. The van der Waals surface area contributed by atoms with E-state index in [1.54, 1.807) is 35.4 Å². The molecule has 0 bridgehead atoms. The number of hydrogen-bond acceptors (Lipinski definition) is 5. The number of pyridine rings is 1. The minimum atomic E-state index is -4.51. The van der Waals surface area contributed by atoms with Gasteiger partial charge in [-0.2, -0.15) is 13.2 Å². The lowest BCUT2D eigenvalue weighted by Crippen LogP contribution is -2.11. The molecule has 0 aliphatic heterocycles. The monoisotopic (exact) mass is 508 g/mol. The van der Waals surface area contributed by atoms with Crippen LogP contribution in [0.1, 0.15) is 28.7 Å². The quantitative estimate of drug-likeness (QED) is 0.262. The number of anilines is 1. The maximum Gasteiger partial charge on any atom is 0.416 e. The van der Waals surface area contributed by atoms with Gasteiger partial charge in [-0.25, -0.2) is 9.97 Å². The Balaban J connectivity index is 1.67. The van der Waals surface area contributed by atoms with E-state index < -0.39 is 17.3 Å². The van der Waals surface area contributed by atoms with E-state index in [9.17, 15) is 18.0 Å². The first-order chi connectivity index (χ1) is 17.7. The van der Waals surface area contributed by atoms with Gasteiger partial charge >= 0.3 is 6.18 Å². The van der Waals surface area contributed by atoms with E-state index in [0.29, 0.717) is 40.6 Å². The van der Waals surface area contributed by atoms with Gasteiger partial charge in [-0.3, -0.25) is 4.79 Å². The largest absolute Gasteiger partial charge is 0.416 e. The fourth-order valence-corrected chi connectivity index (χ4v) is 4.40. The van der Waals surface area contributed by atoms with Crippen molar-refractivity contribution in [1.82, 2.24) is 24.5 Å². The predicted octanol–water partition coefficient (Wildman–Crippen LogP) is 4.22. The van der Waals surface area contributed by atoms with Crippen molar-refractivity contribution < 1.29 is 18.3 Å². The number of aliphatic hydroxyl groups excluding tert-OH is 1. The van der Waals surface area contributed by atoms with Crippen LogP contribution in [-0.4, -0.2) is 36.2 Å². The Hall–Kier alpha value is -4.38. The predicted molar refractivity (Wildman–Crippen MR) is 133 cm³/mol. The highest BCUT2D eigenvalue weighted by Crippen LogP contribution is 2.33. The van der Waals surface area contributed by atoms with Gasteiger partial charge in [0.2, 0.25) is 0 Å². The molecular weight excluding hydrogens is 485 g/mol. The lowest BCUT2D eigenvalue weighted by atomic mass is 9.96. The van der Waals surface area contributed by atoms with Crippen LogP contribution in [0.4, 0.5) is 18.9 Å². The first kappa shape index (κ1) is 24.3. The molecule has 0 fully saturated rings. The van der Waals surface area contributed by atoms with Crippen molar-refractivity contribution in [2.45, 2.75) is 25.4 Å². The highest BCUT2D eigenvalue weighted by Gasteiger charge is 2.31. The molecule has 0 radical (unpaired) electrons. The van der Waals surface area contributed by atoms with Crippen molar-refractivity contribution in [3.8, 4) is 17.1 Å². The standard InChI is InChI=1S/C26H23F3N6O2/c27-26(28,29)18-10-15(2-1-7-36)8-16(11-18)9-17-12-19(35-6-5-31-14-35)13-21-23(17)34-24(33-21)22-20(30)3-4-32-25(22)37/h3-6,8,10-14,36H,1-2,7,9H2,(H,33,34)(H3,30,32,37). The highest BCUT2D eigenvalue weighted by atomic mass is 19.4. The van der Waals surface area contributed by atoms with Gasteiger partial charge in [0.1, 0.15) is 11.4 Å². The molecule has 37 heavy (non-hydrogen) atoms. The Kier molecular flexibility index (Phi) is 6.30. The molecule has 0 atom stereocenters. The average Bonchev–Trinajstić information content (AvgIpc) is 3.52. The highest BCUT2D eigenvalue weighted by molar-refractivity contribution is 5.86. The van der Waals surface area contributed by atoms with E-state index in [2.05, 4.69) is 19.9 Å². The van der Waals surface area contributed by atoms with Gasteiger partial charge in [-0.1, -0.05) is 6.07 Å². The molecule has 0 spiro atoms. The van der Waals surface area contributed by atoms with Crippen molar-refractivity contribution in [2.75, 3.05) is 12.3 Å². The summed E-state index contributed by atoms with van der Waals surface area (Å²) in [4.78, 5) is 26.9. The van der Waals surface area contributed by atoms with Gasteiger partial charge in [0, 0.05) is 36.6 Å². The molecule has 5 rings (SSSR count). The van der Waals surface area contributed by atoms with Crippen molar-refractivity contribution in [3.63, 3.8) is 0 Å². The summed E-state index contributed by atoms with van der Waals surface area (Å²) in [6, 6.07) is 9.18. The lowest BCUT2D eigenvalue weighted by molar-refractivity contribution is -0.137. The molecule has 11 heteroatoms. The van der Waals surface area contributed by atoms with Crippen molar-refractivity contribution >= 4 is 16.7 Å². The normalized spacial score (nSPS) is 11.9. The number of aliphatic hydroxyl groups is 1. The third-order valence-electron chi connectivity index (χ3n) is 6.08. The van der Waals surface area contributed by atoms with E-state index in [1.807, 2.05) is 12.1 Å². The number of benzene rings is 2. The van der Waals surface area contributed by atoms with E-state index in [1.165, 1.54) is 6.20 Å². The Morgan fingerprint density at radius 3 is 2.62 bits per heavy atom. The summed E-state index contributed by atoms with van der Waals surface area (Å²) in [5, 5.41) is 9.16. The lowest BCUT2D eigenvalue weighted by Gasteiger charge is -2.13. The SMILES string of the molecule is Nc1cc[nH]c(=O)c1-c1nc2c(Cc3cc(CCCO)cc(C(F)(F)F)c3)cc(-n3ccnc3)cc2[nH]1. The Labute approximate surface area is 208 Å². The number of rotatable bonds is 7. The van der Waals surface area contributed by atoms with Gasteiger partial charge < -0.3 is 25.4 Å². The zero-order valence-electron chi connectivity index (χ0n) is 19.5. The molecule has 190 valence electrons. The van der Waals surface area contributed by atoms with Crippen LogP contribution >= 0.6 is 0 Å². The van der Waals surface area contributed by atoms with Crippen LogP contribution in [-0.2, 0) is 19.0 Å². The minimum Gasteiger partial charge on any atom is -0.398 e. The maximum absolute atomic E-state index is 13.7. The number of aromatic nitrogens is 5. The van der Waals surface area contributed by atoms with Crippen LogP contribution in [0.2, 0.25) is 0 Å². The molecule has 3 aromatic heterocycles. The smallest absolute Gasteiger partial charge is 0.398 e. The molecule has 8 nitrogen and oxygen atoms in total. The second-order valence-corrected chi connectivity index (χ2v) is 8.73. The second kappa shape index (κ2) is 9.58. The summed E-state index contributed by atoms with van der Waals surface area (Å²) in [6.45, 7) is -0.114. The topological polar surface area (TPSA) is 126 Å². The van der Waals surface area contributed by atoms with Crippen molar-refractivity contribution in [2.24, 2.45) is 0 Å². The molecule has 0 unspecified atom stereocenters. The number of nitrogens with one attached hydrogen (secondary N) is 2. The van der Waals surface area contributed by atoms with E-state index in [0.717, 1.165) is 17.8 Å². The molecule has 0 saturated carbocycles. The number of aryl methyl sites for hydroxylation is 1. The Bertz CT molecular complexity index is 1620. The zero-order chi connectivity index (χ0) is 26.2. The van der Waals surface area contributed by atoms with Crippen LogP contribution in [0, 0.1) is 0 Å². The molecule has 5 N–H and O–H groups in total. The van der Waals surface area contributed by atoms with Crippen LogP contribution in [0.25, 0.3) is 28.1 Å². The molecule has 3 heterocycles. The van der Waals surface area contributed by atoms with Crippen molar-refractivity contribution in [1.29, 1.82) is 0 Å². The third-order valence-corrected chi connectivity index (χ3v) is 6.08. The molecule has 0 amide bonds.